The highest BCUT2D eigenvalue weighted by molar-refractivity contribution is 5.66. The fourth-order valence-corrected chi connectivity index (χ4v) is 2.65. The third kappa shape index (κ3) is 3.70. The fraction of sp³-hybridized carbons (Fsp3) is 0.533. The first-order valence-corrected chi connectivity index (χ1v) is 6.98. The minimum absolute atomic E-state index is 0.237. The Bertz CT molecular complexity index is 434. The second-order valence-electron chi connectivity index (χ2n) is 5.01. The second kappa shape index (κ2) is 6.57. The number of nitrogens with zero attached hydrogens (tertiary/aromatic N) is 1. The number of carbonyl (C=O) groups is 1. The average Bonchev–Trinajstić information content (AvgIpc) is 2.45. The van der Waals surface area contributed by atoms with E-state index in [1.54, 1.807) is 0 Å². The van der Waals surface area contributed by atoms with Gasteiger partial charge in [0.2, 0.25) is 0 Å². The molecule has 19 heavy (non-hydrogen) atoms. The highest BCUT2D eigenvalue weighted by Crippen LogP contribution is 2.22. The van der Waals surface area contributed by atoms with Crippen LogP contribution >= 0.6 is 0 Å². The van der Waals surface area contributed by atoms with Gasteiger partial charge in [-0.1, -0.05) is 25.1 Å². The van der Waals surface area contributed by atoms with Crippen LogP contribution in [-0.2, 0) is 11.2 Å². The molecule has 0 radical (unpaired) electrons. The van der Waals surface area contributed by atoms with Crippen molar-refractivity contribution in [3.05, 3.63) is 29.8 Å². The zero-order valence-electron chi connectivity index (χ0n) is 11.4. The molecule has 0 saturated carbocycles. The molecule has 0 spiro atoms. The minimum Gasteiger partial charge on any atom is -0.481 e. The maximum Gasteiger partial charge on any atom is 0.303 e. The number of hydrogen-bond acceptors (Lipinski definition) is 3. The lowest BCUT2D eigenvalue weighted by atomic mass is 10.1. The average molecular weight is 262 g/mol. The molecule has 1 aromatic rings. The summed E-state index contributed by atoms with van der Waals surface area (Å²) in [6.07, 6.45) is 1.96. The highest BCUT2D eigenvalue weighted by atomic mass is 16.4. The summed E-state index contributed by atoms with van der Waals surface area (Å²) in [4.78, 5) is 13.0. The van der Waals surface area contributed by atoms with Crippen molar-refractivity contribution in [3.63, 3.8) is 0 Å². The molecule has 1 fully saturated rings. The normalized spacial score (nSPS) is 19.4. The van der Waals surface area contributed by atoms with E-state index in [9.17, 15) is 4.79 Å². The Kier molecular flexibility index (Phi) is 4.80. The minimum atomic E-state index is -0.715. The van der Waals surface area contributed by atoms with Crippen LogP contribution in [0.1, 0.15) is 25.3 Å². The zero-order valence-corrected chi connectivity index (χ0v) is 11.4. The molecule has 2 rings (SSSR count). The van der Waals surface area contributed by atoms with Crippen LogP contribution in [0.2, 0.25) is 0 Å². The Morgan fingerprint density at radius 3 is 3.00 bits per heavy atom. The van der Waals surface area contributed by atoms with E-state index >= 15 is 0 Å². The molecule has 0 bridgehead atoms. The molecule has 1 aromatic carbocycles. The van der Waals surface area contributed by atoms with Gasteiger partial charge in [-0.2, -0.15) is 0 Å². The van der Waals surface area contributed by atoms with E-state index in [1.807, 2.05) is 0 Å². The van der Waals surface area contributed by atoms with Crippen LogP contribution in [0.4, 0.5) is 5.69 Å². The number of carboxylic acids is 1. The number of carboxylic acid groups (broad SMARTS) is 1. The highest BCUT2D eigenvalue weighted by Gasteiger charge is 2.21. The lowest BCUT2D eigenvalue weighted by molar-refractivity contribution is -0.137. The first-order chi connectivity index (χ1) is 9.20. The molecule has 1 aliphatic heterocycles. The molecule has 4 nitrogen and oxygen atoms in total. The molecule has 1 atom stereocenters. The summed E-state index contributed by atoms with van der Waals surface area (Å²) < 4.78 is 0. The smallest absolute Gasteiger partial charge is 0.303 e. The number of benzene rings is 1. The molecule has 0 aromatic heterocycles. The number of aliphatic carboxylic acids is 1. The lowest BCUT2D eigenvalue weighted by Crippen LogP contribution is -2.51. The van der Waals surface area contributed by atoms with Crippen LogP contribution in [0.15, 0.2) is 24.3 Å². The molecule has 0 amide bonds. The molecule has 104 valence electrons. The van der Waals surface area contributed by atoms with Gasteiger partial charge in [0.1, 0.15) is 0 Å². The lowest BCUT2D eigenvalue weighted by Gasteiger charge is -2.36. The molecule has 2 N–H and O–H groups in total. The van der Waals surface area contributed by atoms with Crippen molar-refractivity contribution in [2.75, 3.05) is 24.5 Å². The topological polar surface area (TPSA) is 52.6 Å². The third-order valence-corrected chi connectivity index (χ3v) is 3.68. The summed E-state index contributed by atoms with van der Waals surface area (Å²) in [6, 6.07) is 8.76. The van der Waals surface area contributed by atoms with Crippen LogP contribution in [0.25, 0.3) is 0 Å². The maximum absolute atomic E-state index is 10.7. The Morgan fingerprint density at radius 1 is 1.47 bits per heavy atom. The van der Waals surface area contributed by atoms with Gasteiger partial charge in [-0.3, -0.25) is 4.79 Å². The first-order valence-electron chi connectivity index (χ1n) is 6.98. The van der Waals surface area contributed by atoms with Crippen molar-refractivity contribution >= 4 is 11.7 Å². The summed E-state index contributed by atoms with van der Waals surface area (Å²) in [7, 11) is 0. The number of piperazine rings is 1. The van der Waals surface area contributed by atoms with Gasteiger partial charge >= 0.3 is 5.97 Å². The van der Waals surface area contributed by atoms with E-state index in [2.05, 4.69) is 41.4 Å². The summed E-state index contributed by atoms with van der Waals surface area (Å²) in [5, 5.41) is 12.2. The van der Waals surface area contributed by atoms with Gasteiger partial charge in [0, 0.05) is 37.8 Å². The van der Waals surface area contributed by atoms with Crippen LogP contribution in [0.3, 0.4) is 0 Å². The van der Waals surface area contributed by atoms with Crippen LogP contribution in [-0.4, -0.2) is 36.8 Å². The van der Waals surface area contributed by atoms with Gasteiger partial charge < -0.3 is 15.3 Å². The maximum atomic E-state index is 10.7. The van der Waals surface area contributed by atoms with E-state index in [4.69, 9.17) is 5.11 Å². The van der Waals surface area contributed by atoms with Gasteiger partial charge in [-0.15, -0.1) is 0 Å². The van der Waals surface area contributed by atoms with E-state index in [0.717, 1.165) is 26.1 Å². The van der Waals surface area contributed by atoms with Crippen molar-refractivity contribution in [3.8, 4) is 0 Å². The van der Waals surface area contributed by atoms with E-state index in [-0.39, 0.29) is 12.5 Å². The molecular formula is C15H22N2O2. The van der Waals surface area contributed by atoms with E-state index < -0.39 is 5.97 Å². The molecule has 4 heteroatoms. The summed E-state index contributed by atoms with van der Waals surface area (Å²) in [6.45, 7) is 4.97. The molecule has 1 unspecified atom stereocenters. The van der Waals surface area contributed by atoms with Crippen LogP contribution in [0, 0.1) is 0 Å². The predicted octanol–water partition coefficient (Wildman–Crippen LogP) is 1.89. The van der Waals surface area contributed by atoms with Gasteiger partial charge in [-0.25, -0.2) is 0 Å². The number of anilines is 1. The standard InChI is InChI=1S/C15H22N2O2/c1-2-12-5-3-4-6-14(12)17-10-9-16-13(11-17)7-8-15(18)19/h3-6,13,16H,2,7-11H2,1H3,(H,18,19). The zero-order chi connectivity index (χ0) is 13.7. The summed E-state index contributed by atoms with van der Waals surface area (Å²) in [5.41, 5.74) is 2.66. The van der Waals surface area contributed by atoms with E-state index in [1.165, 1.54) is 11.3 Å². The molecule has 1 aliphatic rings. The van der Waals surface area contributed by atoms with Gasteiger partial charge in [0.05, 0.1) is 0 Å². The van der Waals surface area contributed by atoms with Crippen LogP contribution < -0.4 is 10.2 Å². The third-order valence-electron chi connectivity index (χ3n) is 3.68. The van der Waals surface area contributed by atoms with Crippen LogP contribution in [0.5, 0.6) is 0 Å². The van der Waals surface area contributed by atoms with Crippen molar-refractivity contribution < 1.29 is 9.90 Å². The van der Waals surface area contributed by atoms with Crippen molar-refractivity contribution in [1.29, 1.82) is 0 Å². The number of nitrogens with one attached hydrogen (secondary N) is 1. The van der Waals surface area contributed by atoms with Crippen molar-refractivity contribution in [2.24, 2.45) is 0 Å². The molecule has 0 aliphatic carbocycles. The van der Waals surface area contributed by atoms with Gasteiger partial charge in [-0.05, 0) is 24.5 Å². The Hall–Kier alpha value is -1.55. The second-order valence-corrected chi connectivity index (χ2v) is 5.01. The Labute approximate surface area is 114 Å². The molecule has 1 heterocycles. The molecule has 1 saturated heterocycles. The van der Waals surface area contributed by atoms with Crippen molar-refractivity contribution in [1.82, 2.24) is 5.32 Å². The predicted molar refractivity (Wildman–Crippen MR) is 76.7 cm³/mol. The Balaban J connectivity index is 2.02. The fourth-order valence-electron chi connectivity index (χ4n) is 2.65. The Morgan fingerprint density at radius 2 is 2.26 bits per heavy atom. The number of aryl methyl sites for hydroxylation is 1. The number of para-hydroxylation sites is 1. The van der Waals surface area contributed by atoms with E-state index in [0.29, 0.717) is 6.42 Å². The monoisotopic (exact) mass is 262 g/mol. The van der Waals surface area contributed by atoms with Gasteiger partial charge in [0.25, 0.3) is 0 Å². The van der Waals surface area contributed by atoms with Gasteiger partial charge in [0.15, 0.2) is 0 Å². The largest absolute Gasteiger partial charge is 0.481 e. The quantitative estimate of drug-likeness (QED) is 0.851. The van der Waals surface area contributed by atoms with Crippen molar-refractivity contribution in [2.45, 2.75) is 32.2 Å². The number of hydrogen-bond donors (Lipinski definition) is 2. The molecular weight excluding hydrogens is 240 g/mol. The first kappa shape index (κ1) is 13.9. The number of rotatable bonds is 5. The SMILES string of the molecule is CCc1ccccc1N1CCNC(CCC(=O)O)C1. The summed E-state index contributed by atoms with van der Waals surface area (Å²) in [5.74, 6) is -0.715. The summed E-state index contributed by atoms with van der Waals surface area (Å²) >= 11 is 0.